The van der Waals surface area contributed by atoms with Crippen molar-refractivity contribution >= 4 is 27.3 Å². The van der Waals surface area contributed by atoms with Gasteiger partial charge < -0.3 is 5.11 Å². The van der Waals surface area contributed by atoms with Gasteiger partial charge >= 0.3 is 5.97 Å². The van der Waals surface area contributed by atoms with Gasteiger partial charge in [-0.1, -0.05) is 0 Å². The van der Waals surface area contributed by atoms with E-state index >= 15 is 0 Å². The van der Waals surface area contributed by atoms with Gasteiger partial charge in [0.1, 0.15) is 4.88 Å². The van der Waals surface area contributed by atoms with E-state index in [2.05, 4.69) is 9.62 Å². The normalized spacial score (nSPS) is 26.8. The molecule has 2 aliphatic heterocycles. The number of hydrogen-bond donors (Lipinski definition) is 2. The zero-order valence-corrected chi connectivity index (χ0v) is 12.4. The molecule has 2 unspecified atom stereocenters. The van der Waals surface area contributed by atoms with Crippen LogP contribution in [0.3, 0.4) is 0 Å². The molecule has 2 N–H and O–H groups in total. The molecule has 0 amide bonds. The molecule has 2 saturated heterocycles. The number of carbonyl (C=O) groups is 1. The van der Waals surface area contributed by atoms with E-state index in [0.29, 0.717) is 6.04 Å². The van der Waals surface area contributed by atoms with E-state index in [1.54, 1.807) is 0 Å². The van der Waals surface area contributed by atoms with Gasteiger partial charge in [0.2, 0.25) is 10.0 Å². The molecule has 6 nitrogen and oxygen atoms in total. The molecule has 2 fully saturated rings. The van der Waals surface area contributed by atoms with Gasteiger partial charge in [-0.25, -0.2) is 17.9 Å². The summed E-state index contributed by atoms with van der Waals surface area (Å²) in [6.45, 7) is 1.98. The first kappa shape index (κ1) is 14.0. The molecule has 1 aromatic rings. The summed E-state index contributed by atoms with van der Waals surface area (Å²) in [4.78, 5) is 13.2. The Morgan fingerprint density at radius 3 is 2.90 bits per heavy atom. The zero-order chi connectivity index (χ0) is 14.3. The predicted molar refractivity (Wildman–Crippen MR) is 74.6 cm³/mol. The number of carboxylic acid groups (broad SMARTS) is 1. The van der Waals surface area contributed by atoms with Crippen LogP contribution in [0.2, 0.25) is 0 Å². The summed E-state index contributed by atoms with van der Waals surface area (Å²) >= 11 is 0.933. The predicted octanol–water partition coefficient (Wildman–Crippen LogP) is 0.961. The SMILES string of the molecule is O=C(O)c1cc(S(=O)(=O)NC2CCN3CCCC23)cs1. The molecule has 2 atom stereocenters. The molecule has 8 heteroatoms. The van der Waals surface area contributed by atoms with Gasteiger partial charge in [-0.05, 0) is 31.9 Å². The maximum atomic E-state index is 12.3. The van der Waals surface area contributed by atoms with Crippen LogP contribution in [0.5, 0.6) is 0 Å². The summed E-state index contributed by atoms with van der Waals surface area (Å²) in [6, 6.07) is 1.45. The Kier molecular flexibility index (Phi) is 3.57. The fourth-order valence-corrected chi connectivity index (χ4v) is 5.47. The molecular formula is C12H16N2O4S2. The highest BCUT2D eigenvalue weighted by atomic mass is 32.2. The molecule has 0 spiro atoms. The number of sulfonamides is 1. The minimum atomic E-state index is -3.62. The largest absolute Gasteiger partial charge is 0.477 e. The molecule has 0 aliphatic carbocycles. The summed E-state index contributed by atoms with van der Waals surface area (Å²) in [5.74, 6) is -1.10. The summed E-state index contributed by atoms with van der Waals surface area (Å²) in [5.41, 5.74) is 0. The van der Waals surface area contributed by atoms with Crippen LogP contribution in [-0.2, 0) is 10.0 Å². The van der Waals surface area contributed by atoms with Crippen molar-refractivity contribution in [3.63, 3.8) is 0 Å². The van der Waals surface area contributed by atoms with Crippen LogP contribution in [0.4, 0.5) is 0 Å². The van der Waals surface area contributed by atoms with Gasteiger partial charge in [0, 0.05) is 24.0 Å². The van der Waals surface area contributed by atoms with E-state index < -0.39 is 16.0 Å². The molecule has 3 heterocycles. The summed E-state index contributed by atoms with van der Waals surface area (Å²) in [6.07, 6.45) is 2.96. The van der Waals surface area contributed by atoms with Crippen molar-refractivity contribution in [3.8, 4) is 0 Å². The van der Waals surface area contributed by atoms with Crippen LogP contribution in [0, 0.1) is 0 Å². The second-order valence-corrected chi connectivity index (χ2v) is 7.84. The Labute approximate surface area is 121 Å². The van der Waals surface area contributed by atoms with Crippen molar-refractivity contribution in [2.24, 2.45) is 0 Å². The smallest absolute Gasteiger partial charge is 0.345 e. The van der Waals surface area contributed by atoms with E-state index in [1.807, 2.05) is 0 Å². The van der Waals surface area contributed by atoms with Crippen molar-refractivity contribution in [2.45, 2.75) is 36.2 Å². The highest BCUT2D eigenvalue weighted by molar-refractivity contribution is 7.89. The summed E-state index contributed by atoms with van der Waals surface area (Å²) < 4.78 is 27.3. The maximum Gasteiger partial charge on any atom is 0.345 e. The Balaban J connectivity index is 1.76. The van der Waals surface area contributed by atoms with Crippen LogP contribution in [0.25, 0.3) is 0 Å². The van der Waals surface area contributed by atoms with Gasteiger partial charge in [0.25, 0.3) is 0 Å². The number of rotatable bonds is 4. The van der Waals surface area contributed by atoms with Crippen LogP contribution in [0.15, 0.2) is 16.3 Å². The Hall–Kier alpha value is -0.960. The van der Waals surface area contributed by atoms with Gasteiger partial charge in [-0.15, -0.1) is 11.3 Å². The van der Waals surface area contributed by atoms with E-state index in [9.17, 15) is 13.2 Å². The van der Waals surface area contributed by atoms with Gasteiger partial charge in [-0.3, -0.25) is 4.90 Å². The lowest BCUT2D eigenvalue weighted by Gasteiger charge is -2.20. The van der Waals surface area contributed by atoms with Crippen LogP contribution in [-0.4, -0.2) is 49.6 Å². The maximum absolute atomic E-state index is 12.3. The average molecular weight is 316 g/mol. The van der Waals surface area contributed by atoms with E-state index in [4.69, 9.17) is 5.11 Å². The molecule has 0 bridgehead atoms. The van der Waals surface area contributed by atoms with Gasteiger partial charge in [0.05, 0.1) is 4.90 Å². The molecule has 0 radical (unpaired) electrons. The molecular weight excluding hydrogens is 300 g/mol. The third-order valence-corrected chi connectivity index (χ3v) is 6.55. The lowest BCUT2D eigenvalue weighted by molar-refractivity contribution is 0.0702. The average Bonchev–Trinajstić information content (AvgIpc) is 3.05. The van der Waals surface area contributed by atoms with Crippen molar-refractivity contribution < 1.29 is 18.3 Å². The lowest BCUT2D eigenvalue weighted by atomic mass is 10.1. The van der Waals surface area contributed by atoms with E-state index in [-0.39, 0.29) is 15.8 Å². The first-order valence-electron chi connectivity index (χ1n) is 6.55. The van der Waals surface area contributed by atoms with E-state index in [0.717, 1.165) is 43.7 Å². The number of hydrogen-bond acceptors (Lipinski definition) is 5. The number of nitrogens with zero attached hydrogens (tertiary/aromatic N) is 1. The fourth-order valence-electron chi connectivity index (χ4n) is 3.06. The Morgan fingerprint density at radius 1 is 1.40 bits per heavy atom. The van der Waals surface area contributed by atoms with Gasteiger partial charge in [0.15, 0.2) is 0 Å². The second kappa shape index (κ2) is 5.10. The van der Waals surface area contributed by atoms with Crippen molar-refractivity contribution in [1.82, 2.24) is 9.62 Å². The van der Waals surface area contributed by atoms with Crippen molar-refractivity contribution in [3.05, 3.63) is 16.3 Å². The molecule has 0 aromatic carbocycles. The minimum Gasteiger partial charge on any atom is -0.477 e. The third-order valence-electron chi connectivity index (χ3n) is 4.01. The number of aromatic carboxylic acids is 1. The Bertz CT molecular complexity index is 625. The first-order chi connectivity index (χ1) is 9.47. The monoisotopic (exact) mass is 316 g/mol. The van der Waals surface area contributed by atoms with E-state index in [1.165, 1.54) is 11.4 Å². The fraction of sp³-hybridized carbons (Fsp3) is 0.583. The molecule has 20 heavy (non-hydrogen) atoms. The number of fused-ring (bicyclic) bond motifs is 1. The number of carboxylic acids is 1. The molecule has 1 aromatic heterocycles. The first-order valence-corrected chi connectivity index (χ1v) is 8.92. The lowest BCUT2D eigenvalue weighted by Crippen LogP contribution is -2.42. The quantitative estimate of drug-likeness (QED) is 0.864. The molecule has 2 aliphatic rings. The highest BCUT2D eigenvalue weighted by Gasteiger charge is 2.39. The van der Waals surface area contributed by atoms with Gasteiger partial charge in [-0.2, -0.15) is 0 Å². The second-order valence-electron chi connectivity index (χ2n) is 5.21. The summed E-state index contributed by atoms with van der Waals surface area (Å²) in [5, 5.41) is 10.2. The van der Waals surface area contributed by atoms with Crippen LogP contribution >= 0.6 is 11.3 Å². The van der Waals surface area contributed by atoms with Crippen LogP contribution in [0.1, 0.15) is 28.9 Å². The molecule has 110 valence electrons. The molecule has 3 rings (SSSR count). The topological polar surface area (TPSA) is 86.7 Å². The number of nitrogens with one attached hydrogen (secondary N) is 1. The minimum absolute atomic E-state index is 0.0410. The standard InChI is InChI=1S/C12H16N2O4S2/c15-12(16)11-6-8(7-19-11)20(17,18)13-9-3-5-14-4-1-2-10(9)14/h6-7,9-10,13H,1-5H2,(H,15,16). The highest BCUT2D eigenvalue weighted by Crippen LogP contribution is 2.29. The summed E-state index contributed by atoms with van der Waals surface area (Å²) in [7, 11) is -3.62. The Morgan fingerprint density at radius 2 is 2.20 bits per heavy atom. The van der Waals surface area contributed by atoms with Crippen molar-refractivity contribution in [2.75, 3.05) is 13.1 Å². The third kappa shape index (κ3) is 2.48. The molecule has 0 saturated carbocycles. The zero-order valence-electron chi connectivity index (χ0n) is 10.8. The van der Waals surface area contributed by atoms with Crippen LogP contribution < -0.4 is 4.72 Å². The number of thiophene rings is 1. The van der Waals surface area contributed by atoms with Crippen molar-refractivity contribution in [1.29, 1.82) is 0 Å².